The monoisotopic (exact) mass is 458 g/mol. The molecule has 0 bridgehead atoms. The van der Waals surface area contributed by atoms with Crippen LogP contribution in [0.2, 0.25) is 0 Å². The zero-order chi connectivity index (χ0) is 23.5. The van der Waals surface area contributed by atoms with Gasteiger partial charge >= 0.3 is 0 Å². The van der Waals surface area contributed by atoms with Crippen LogP contribution in [0, 0.1) is 11.3 Å². The van der Waals surface area contributed by atoms with Crippen molar-refractivity contribution in [3.05, 3.63) is 40.5 Å². The van der Waals surface area contributed by atoms with E-state index in [2.05, 4.69) is 0 Å². The van der Waals surface area contributed by atoms with Crippen molar-refractivity contribution < 1.29 is 27.5 Å². The molecule has 9 heteroatoms. The van der Waals surface area contributed by atoms with E-state index in [4.69, 9.17) is 9.47 Å². The van der Waals surface area contributed by atoms with Gasteiger partial charge in [0.2, 0.25) is 0 Å². The topological polar surface area (TPSA) is 114 Å². The highest BCUT2D eigenvalue weighted by Gasteiger charge is 2.43. The van der Waals surface area contributed by atoms with Crippen LogP contribution in [0.5, 0.6) is 11.5 Å². The van der Waals surface area contributed by atoms with Crippen molar-refractivity contribution in [2.75, 3.05) is 24.7 Å². The lowest BCUT2D eigenvalue weighted by Crippen LogP contribution is -2.49. The molecule has 0 aromatic heterocycles. The Morgan fingerprint density at radius 3 is 2.53 bits per heavy atom. The predicted molar refractivity (Wildman–Crippen MR) is 119 cm³/mol. The second-order valence-electron chi connectivity index (χ2n) is 7.69. The van der Waals surface area contributed by atoms with Gasteiger partial charge in [-0.05, 0) is 56.0 Å². The summed E-state index contributed by atoms with van der Waals surface area (Å²) >= 11 is 0. The fourth-order valence-corrected chi connectivity index (χ4v) is 5.49. The number of benzene rings is 1. The van der Waals surface area contributed by atoms with E-state index in [0.717, 1.165) is 11.3 Å². The number of ether oxygens (including phenoxy) is 2. The fraction of sp³-hybridized carbons (Fsp3) is 0.435. The van der Waals surface area contributed by atoms with E-state index in [-0.39, 0.29) is 34.6 Å². The van der Waals surface area contributed by atoms with Gasteiger partial charge in [-0.25, -0.2) is 8.42 Å². The highest BCUT2D eigenvalue weighted by Crippen LogP contribution is 2.33. The van der Waals surface area contributed by atoms with Crippen molar-refractivity contribution in [2.45, 2.75) is 39.7 Å². The summed E-state index contributed by atoms with van der Waals surface area (Å²) in [7, 11) is -3.33. The maximum atomic E-state index is 13.3. The van der Waals surface area contributed by atoms with Crippen molar-refractivity contribution >= 4 is 27.7 Å². The molecule has 1 unspecified atom stereocenters. The summed E-state index contributed by atoms with van der Waals surface area (Å²) in [5, 5.41) is 9.55. The van der Waals surface area contributed by atoms with Crippen molar-refractivity contribution in [3.63, 3.8) is 0 Å². The Morgan fingerprint density at radius 1 is 1.19 bits per heavy atom. The van der Waals surface area contributed by atoms with Crippen LogP contribution in [0.25, 0.3) is 6.08 Å². The van der Waals surface area contributed by atoms with Gasteiger partial charge in [0.15, 0.2) is 21.3 Å². The Kier molecular flexibility index (Phi) is 7.04. The van der Waals surface area contributed by atoms with Gasteiger partial charge in [0.25, 0.3) is 11.8 Å². The molecule has 1 atom stereocenters. The van der Waals surface area contributed by atoms with Crippen molar-refractivity contribution in [1.29, 1.82) is 5.26 Å². The molecule has 1 aromatic rings. The standard InChI is InChI=1S/C23H26N2O6S/c1-4-9-31-20-7-6-16(12-21(20)30-5-2)11-18-15(3)19(13-24)23(27)25(22(18)26)17-8-10-32(28,29)14-17/h6-7,11-12,17H,4-5,8-10,14H2,1-3H3. The molecular weight excluding hydrogens is 432 g/mol. The smallest absolute Gasteiger partial charge is 0.271 e. The van der Waals surface area contributed by atoms with E-state index in [1.165, 1.54) is 0 Å². The Bertz CT molecular complexity index is 1140. The van der Waals surface area contributed by atoms with Crippen LogP contribution in [0.15, 0.2) is 34.9 Å². The van der Waals surface area contributed by atoms with Gasteiger partial charge in [-0.3, -0.25) is 14.5 Å². The van der Waals surface area contributed by atoms with Gasteiger partial charge in [-0.2, -0.15) is 5.26 Å². The molecule has 1 saturated heterocycles. The van der Waals surface area contributed by atoms with Gasteiger partial charge < -0.3 is 9.47 Å². The summed E-state index contributed by atoms with van der Waals surface area (Å²) in [5.74, 6) is -0.604. The number of amides is 2. The highest BCUT2D eigenvalue weighted by atomic mass is 32.2. The molecule has 0 saturated carbocycles. The molecule has 3 rings (SSSR count). The summed E-state index contributed by atoms with van der Waals surface area (Å²) in [6.45, 7) is 6.36. The van der Waals surface area contributed by atoms with E-state index in [0.29, 0.717) is 30.3 Å². The lowest BCUT2D eigenvalue weighted by atomic mass is 9.92. The maximum absolute atomic E-state index is 13.3. The first kappa shape index (κ1) is 23.5. The minimum absolute atomic E-state index is 0.0880. The summed E-state index contributed by atoms with van der Waals surface area (Å²) < 4.78 is 35.2. The largest absolute Gasteiger partial charge is 0.490 e. The molecule has 0 spiro atoms. The Balaban J connectivity index is 2.04. The van der Waals surface area contributed by atoms with E-state index in [1.807, 2.05) is 19.9 Å². The number of nitriles is 1. The molecule has 8 nitrogen and oxygen atoms in total. The van der Waals surface area contributed by atoms with Crippen LogP contribution in [-0.2, 0) is 19.4 Å². The number of rotatable bonds is 7. The molecule has 1 aromatic carbocycles. The van der Waals surface area contributed by atoms with Crippen molar-refractivity contribution in [1.82, 2.24) is 4.90 Å². The molecular formula is C23H26N2O6S. The molecule has 0 aliphatic carbocycles. The molecule has 0 N–H and O–H groups in total. The minimum atomic E-state index is -3.33. The summed E-state index contributed by atoms with van der Waals surface area (Å²) in [5.41, 5.74) is 0.915. The average molecular weight is 459 g/mol. The second kappa shape index (κ2) is 9.57. The second-order valence-corrected chi connectivity index (χ2v) is 9.92. The number of nitrogens with zero attached hydrogens (tertiary/aromatic N) is 2. The normalized spacial score (nSPS) is 21.8. The van der Waals surface area contributed by atoms with Crippen molar-refractivity contribution in [2.24, 2.45) is 0 Å². The average Bonchev–Trinajstić information content (AvgIpc) is 3.10. The van der Waals surface area contributed by atoms with Gasteiger partial charge in [0.05, 0.1) is 30.8 Å². The number of hydrogen-bond donors (Lipinski definition) is 0. The van der Waals surface area contributed by atoms with Gasteiger partial charge in [0, 0.05) is 5.57 Å². The lowest BCUT2D eigenvalue weighted by molar-refractivity contribution is -0.142. The number of hydrogen-bond acceptors (Lipinski definition) is 7. The Morgan fingerprint density at radius 2 is 1.94 bits per heavy atom. The molecule has 1 fully saturated rings. The molecule has 0 radical (unpaired) electrons. The Hall–Kier alpha value is -3.12. The first-order valence-electron chi connectivity index (χ1n) is 10.5. The van der Waals surface area contributed by atoms with E-state index in [9.17, 15) is 23.3 Å². The van der Waals surface area contributed by atoms with E-state index >= 15 is 0 Å². The fourth-order valence-electron chi connectivity index (χ4n) is 3.79. The third-order valence-corrected chi connectivity index (χ3v) is 7.14. The van der Waals surface area contributed by atoms with Crippen LogP contribution in [0.3, 0.4) is 0 Å². The third-order valence-electron chi connectivity index (χ3n) is 5.39. The van der Waals surface area contributed by atoms with Crippen LogP contribution in [-0.4, -0.2) is 55.9 Å². The first-order chi connectivity index (χ1) is 15.2. The molecule has 32 heavy (non-hydrogen) atoms. The zero-order valence-corrected chi connectivity index (χ0v) is 19.2. The number of sulfone groups is 1. The maximum Gasteiger partial charge on any atom is 0.271 e. The predicted octanol–water partition coefficient (Wildman–Crippen LogP) is 2.65. The van der Waals surface area contributed by atoms with E-state index < -0.39 is 27.7 Å². The lowest BCUT2D eigenvalue weighted by Gasteiger charge is -2.31. The number of imide groups is 1. The number of carbonyl (C=O) groups is 2. The van der Waals surface area contributed by atoms with Crippen LogP contribution < -0.4 is 9.47 Å². The molecule has 2 aliphatic heterocycles. The quantitative estimate of drug-likeness (QED) is 0.456. The molecule has 2 aliphatic rings. The molecule has 2 amide bonds. The SMILES string of the molecule is CCCOc1ccc(C=C2C(=O)N(C3CCS(=O)(=O)C3)C(=O)C(C#N)=C2C)cc1OCC. The molecule has 170 valence electrons. The van der Waals surface area contributed by atoms with Crippen LogP contribution in [0.1, 0.15) is 39.2 Å². The summed E-state index contributed by atoms with van der Waals surface area (Å²) in [4.78, 5) is 27.0. The first-order valence-corrected chi connectivity index (χ1v) is 12.4. The van der Waals surface area contributed by atoms with Crippen LogP contribution in [0.4, 0.5) is 0 Å². The summed E-state index contributed by atoms with van der Waals surface area (Å²) in [6, 6.07) is 6.34. The van der Waals surface area contributed by atoms with Gasteiger partial charge in [-0.1, -0.05) is 13.0 Å². The van der Waals surface area contributed by atoms with Crippen LogP contribution >= 0.6 is 0 Å². The highest BCUT2D eigenvalue weighted by molar-refractivity contribution is 7.91. The Labute approximate surface area is 188 Å². The number of carbonyl (C=O) groups excluding carboxylic acids is 2. The zero-order valence-electron chi connectivity index (χ0n) is 18.4. The van der Waals surface area contributed by atoms with E-state index in [1.54, 1.807) is 31.2 Å². The van der Waals surface area contributed by atoms with Crippen molar-refractivity contribution in [3.8, 4) is 17.6 Å². The summed E-state index contributed by atoms with van der Waals surface area (Å²) in [6.07, 6.45) is 2.60. The van der Waals surface area contributed by atoms with Gasteiger partial charge in [0.1, 0.15) is 11.6 Å². The third kappa shape index (κ3) is 4.70. The van der Waals surface area contributed by atoms with Gasteiger partial charge in [-0.15, -0.1) is 0 Å². The minimum Gasteiger partial charge on any atom is -0.490 e. The molecule has 2 heterocycles.